The van der Waals surface area contributed by atoms with Crippen molar-refractivity contribution in [1.82, 2.24) is 4.31 Å². The molecule has 1 saturated carbocycles. The molecule has 0 heterocycles. The topological polar surface area (TPSA) is 118 Å². The van der Waals surface area contributed by atoms with Gasteiger partial charge in [-0.15, -0.1) is 0 Å². The van der Waals surface area contributed by atoms with Crippen molar-refractivity contribution < 1.29 is 23.2 Å². The highest BCUT2D eigenvalue weighted by molar-refractivity contribution is 7.89. The maximum Gasteiger partial charge on any atom is 0.325 e. The summed E-state index contributed by atoms with van der Waals surface area (Å²) >= 11 is 0. The number of rotatable bonds is 5. The van der Waals surface area contributed by atoms with Gasteiger partial charge in [0, 0.05) is 13.1 Å². The first-order chi connectivity index (χ1) is 9.73. The van der Waals surface area contributed by atoms with Gasteiger partial charge in [0.2, 0.25) is 0 Å². The van der Waals surface area contributed by atoms with Gasteiger partial charge in [0.25, 0.3) is 15.7 Å². The number of benzene rings is 1. The van der Waals surface area contributed by atoms with Crippen LogP contribution in [-0.2, 0) is 14.8 Å². The Hall–Kier alpha value is -2.00. The molecule has 1 aromatic rings. The zero-order valence-corrected chi connectivity index (χ0v) is 12.0. The number of nitrogens with zero attached hydrogens (tertiary/aromatic N) is 2. The first-order valence-electron chi connectivity index (χ1n) is 6.19. The molecule has 0 radical (unpaired) electrons. The molecule has 1 N–H and O–H groups in total. The van der Waals surface area contributed by atoms with Crippen LogP contribution in [-0.4, -0.2) is 41.3 Å². The van der Waals surface area contributed by atoms with Gasteiger partial charge in [0.1, 0.15) is 5.54 Å². The predicted molar refractivity (Wildman–Crippen MR) is 72.3 cm³/mol. The van der Waals surface area contributed by atoms with E-state index >= 15 is 0 Å². The fourth-order valence-electron chi connectivity index (χ4n) is 2.38. The summed E-state index contributed by atoms with van der Waals surface area (Å²) in [6.45, 7) is 0. The molecule has 0 amide bonds. The molecule has 8 nitrogen and oxygen atoms in total. The second-order valence-electron chi connectivity index (χ2n) is 4.89. The van der Waals surface area contributed by atoms with Crippen molar-refractivity contribution in [2.75, 3.05) is 7.05 Å². The standard InChI is InChI=1S/C12H14N2O6S/c1-13(12(11(15)16)7-4-8-12)21(19,20)10-6-3-2-5-9(10)14(17)18/h2-3,5-6H,4,7-8H2,1H3,(H,15,16). The Bertz CT molecular complexity index is 695. The van der Waals surface area contributed by atoms with Gasteiger partial charge in [-0.25, -0.2) is 8.42 Å². The quantitative estimate of drug-likeness (QED) is 0.645. The van der Waals surface area contributed by atoms with Crippen molar-refractivity contribution >= 4 is 21.7 Å². The van der Waals surface area contributed by atoms with Gasteiger partial charge in [-0.05, 0) is 25.3 Å². The average molecular weight is 314 g/mol. The van der Waals surface area contributed by atoms with Crippen LogP contribution >= 0.6 is 0 Å². The van der Waals surface area contributed by atoms with Gasteiger partial charge < -0.3 is 5.11 Å². The van der Waals surface area contributed by atoms with Gasteiger partial charge in [0.05, 0.1) is 4.92 Å². The SMILES string of the molecule is CN(C1(C(=O)O)CCC1)S(=O)(=O)c1ccccc1[N+](=O)[O-]. The number of aliphatic carboxylic acids is 1. The van der Waals surface area contributed by atoms with E-state index in [2.05, 4.69) is 0 Å². The number of likely N-dealkylation sites (N-methyl/N-ethyl adjacent to an activating group) is 1. The Labute approximate surface area is 121 Å². The molecule has 0 saturated heterocycles. The van der Waals surface area contributed by atoms with Gasteiger partial charge in [-0.1, -0.05) is 12.1 Å². The van der Waals surface area contributed by atoms with E-state index in [1.54, 1.807) is 0 Å². The Morgan fingerprint density at radius 1 is 1.38 bits per heavy atom. The molecule has 1 aliphatic carbocycles. The van der Waals surface area contributed by atoms with E-state index in [-0.39, 0.29) is 12.8 Å². The molecule has 21 heavy (non-hydrogen) atoms. The van der Waals surface area contributed by atoms with E-state index in [0.717, 1.165) is 23.5 Å². The molecular formula is C12H14N2O6S. The van der Waals surface area contributed by atoms with E-state index in [4.69, 9.17) is 0 Å². The normalized spacial score (nSPS) is 17.2. The lowest BCUT2D eigenvalue weighted by Crippen LogP contribution is -2.59. The number of hydrogen-bond donors (Lipinski definition) is 1. The highest BCUT2D eigenvalue weighted by Crippen LogP contribution is 2.41. The summed E-state index contributed by atoms with van der Waals surface area (Å²) in [7, 11) is -3.12. The first kappa shape index (κ1) is 15.4. The van der Waals surface area contributed by atoms with Crippen molar-refractivity contribution in [1.29, 1.82) is 0 Å². The predicted octanol–water partition coefficient (Wildman–Crippen LogP) is 1.22. The molecule has 0 aliphatic heterocycles. The van der Waals surface area contributed by atoms with Crippen molar-refractivity contribution in [3.63, 3.8) is 0 Å². The van der Waals surface area contributed by atoms with E-state index in [1.807, 2.05) is 0 Å². The summed E-state index contributed by atoms with van der Waals surface area (Å²) in [4.78, 5) is 21.1. The average Bonchev–Trinajstić information content (AvgIpc) is 2.36. The number of carbonyl (C=O) groups is 1. The number of sulfonamides is 1. The zero-order chi connectivity index (χ0) is 15.8. The minimum absolute atomic E-state index is 0.193. The second kappa shape index (κ2) is 5.08. The monoisotopic (exact) mass is 314 g/mol. The molecule has 114 valence electrons. The van der Waals surface area contributed by atoms with Crippen LogP contribution in [0.15, 0.2) is 29.2 Å². The Morgan fingerprint density at radius 3 is 2.38 bits per heavy atom. The van der Waals surface area contributed by atoms with Gasteiger partial charge >= 0.3 is 5.97 Å². The summed E-state index contributed by atoms with van der Waals surface area (Å²) < 4.78 is 25.9. The lowest BCUT2D eigenvalue weighted by atomic mass is 9.77. The molecule has 2 rings (SSSR count). The summed E-state index contributed by atoms with van der Waals surface area (Å²) in [6.07, 6.45) is 0.987. The number of carboxylic acids is 1. The summed E-state index contributed by atoms with van der Waals surface area (Å²) in [6, 6.07) is 4.91. The maximum atomic E-state index is 12.6. The van der Waals surface area contributed by atoms with E-state index in [0.29, 0.717) is 6.42 Å². The van der Waals surface area contributed by atoms with Crippen LogP contribution in [0.25, 0.3) is 0 Å². The highest BCUT2D eigenvalue weighted by atomic mass is 32.2. The first-order valence-corrected chi connectivity index (χ1v) is 7.63. The Morgan fingerprint density at radius 2 is 1.95 bits per heavy atom. The molecule has 0 aromatic heterocycles. The zero-order valence-electron chi connectivity index (χ0n) is 11.2. The van der Waals surface area contributed by atoms with Crippen molar-refractivity contribution in [3.8, 4) is 0 Å². The van der Waals surface area contributed by atoms with Crippen molar-refractivity contribution in [2.45, 2.75) is 29.7 Å². The van der Waals surface area contributed by atoms with E-state index in [1.165, 1.54) is 12.1 Å². The fraction of sp³-hybridized carbons (Fsp3) is 0.417. The molecule has 1 aliphatic rings. The van der Waals surface area contributed by atoms with Gasteiger partial charge in [0.15, 0.2) is 4.90 Å². The second-order valence-corrected chi connectivity index (χ2v) is 6.83. The molecule has 0 spiro atoms. The van der Waals surface area contributed by atoms with Crippen LogP contribution in [0.3, 0.4) is 0 Å². The molecule has 9 heteroatoms. The van der Waals surface area contributed by atoms with Gasteiger partial charge in [-0.3, -0.25) is 14.9 Å². The largest absolute Gasteiger partial charge is 0.480 e. The van der Waals surface area contributed by atoms with E-state index in [9.17, 15) is 28.4 Å². The lowest BCUT2D eigenvalue weighted by molar-refractivity contribution is -0.387. The van der Waals surface area contributed by atoms with E-state index < -0.39 is 37.0 Å². The van der Waals surface area contributed by atoms with Crippen molar-refractivity contribution in [3.05, 3.63) is 34.4 Å². The molecule has 1 fully saturated rings. The van der Waals surface area contributed by atoms with Crippen LogP contribution in [0.2, 0.25) is 0 Å². The van der Waals surface area contributed by atoms with Gasteiger partial charge in [-0.2, -0.15) is 4.31 Å². The van der Waals surface area contributed by atoms with Crippen molar-refractivity contribution in [2.24, 2.45) is 0 Å². The highest BCUT2D eigenvalue weighted by Gasteiger charge is 2.53. The third-order valence-corrected chi connectivity index (χ3v) is 5.85. The molecular weight excluding hydrogens is 300 g/mol. The lowest BCUT2D eigenvalue weighted by Gasteiger charge is -2.43. The molecule has 1 aromatic carbocycles. The number of nitro groups is 1. The number of carboxylic acid groups (broad SMARTS) is 1. The maximum absolute atomic E-state index is 12.6. The van der Waals surface area contributed by atoms with Crippen LogP contribution in [0.5, 0.6) is 0 Å². The molecule has 0 bridgehead atoms. The minimum atomic E-state index is -4.27. The minimum Gasteiger partial charge on any atom is -0.480 e. The Kier molecular flexibility index (Phi) is 3.72. The summed E-state index contributed by atoms with van der Waals surface area (Å²) in [5, 5.41) is 20.3. The Balaban J connectivity index is 2.53. The third-order valence-electron chi connectivity index (χ3n) is 3.88. The summed E-state index contributed by atoms with van der Waals surface area (Å²) in [5.74, 6) is -1.24. The number of hydrogen-bond acceptors (Lipinski definition) is 5. The smallest absolute Gasteiger partial charge is 0.325 e. The fourth-order valence-corrected chi connectivity index (χ4v) is 4.05. The number of para-hydroxylation sites is 1. The van der Waals surface area contributed by atoms with Crippen LogP contribution in [0.1, 0.15) is 19.3 Å². The van der Waals surface area contributed by atoms with Crippen LogP contribution < -0.4 is 0 Å². The number of nitro benzene ring substituents is 1. The molecule has 0 atom stereocenters. The summed E-state index contributed by atoms with van der Waals surface area (Å²) in [5.41, 5.74) is -2.08. The third kappa shape index (κ3) is 2.28. The van der Waals surface area contributed by atoms with Crippen LogP contribution in [0.4, 0.5) is 5.69 Å². The van der Waals surface area contributed by atoms with Crippen LogP contribution in [0, 0.1) is 10.1 Å². The molecule has 0 unspecified atom stereocenters.